The van der Waals surface area contributed by atoms with Gasteiger partial charge in [-0.1, -0.05) is 6.07 Å². The van der Waals surface area contributed by atoms with E-state index in [2.05, 4.69) is 10.3 Å². The monoisotopic (exact) mass is 278 g/mol. The molecular formula is C11H10N4O3S. The average Bonchev–Trinajstić information content (AvgIpc) is 2.78. The van der Waals surface area contributed by atoms with Crippen LogP contribution in [-0.2, 0) is 0 Å². The van der Waals surface area contributed by atoms with Gasteiger partial charge in [-0.2, -0.15) is 0 Å². The number of thiazole rings is 1. The van der Waals surface area contributed by atoms with E-state index in [1.165, 1.54) is 17.5 Å². The highest BCUT2D eigenvalue weighted by atomic mass is 32.1. The van der Waals surface area contributed by atoms with Crippen molar-refractivity contribution in [1.82, 2.24) is 4.98 Å². The number of rotatable bonds is 3. The number of carbonyl (C=O) groups excluding carboxylic acids is 1. The molecule has 0 bridgehead atoms. The minimum absolute atomic E-state index is 0.132. The first-order valence-electron chi connectivity index (χ1n) is 5.25. The number of hydrogen-bond acceptors (Lipinski definition) is 6. The zero-order valence-electron chi connectivity index (χ0n) is 9.91. The van der Waals surface area contributed by atoms with Crippen LogP contribution in [0.1, 0.15) is 16.1 Å². The van der Waals surface area contributed by atoms with Gasteiger partial charge in [0.25, 0.3) is 11.6 Å². The lowest BCUT2D eigenvalue weighted by Gasteiger charge is -2.05. The van der Waals surface area contributed by atoms with Gasteiger partial charge in [0.2, 0.25) is 0 Å². The SMILES string of the molecule is Cc1ccc(NC(=O)c2csc(N)n2)c([N+](=O)[O-])c1. The molecule has 0 unspecified atom stereocenters. The lowest BCUT2D eigenvalue weighted by Crippen LogP contribution is -2.13. The third kappa shape index (κ3) is 2.86. The number of benzene rings is 1. The summed E-state index contributed by atoms with van der Waals surface area (Å²) in [6, 6.07) is 4.56. The molecule has 0 aliphatic heterocycles. The number of nitrogens with one attached hydrogen (secondary N) is 1. The van der Waals surface area contributed by atoms with Crippen molar-refractivity contribution >= 4 is 33.8 Å². The number of carbonyl (C=O) groups is 1. The lowest BCUT2D eigenvalue weighted by molar-refractivity contribution is -0.384. The van der Waals surface area contributed by atoms with Gasteiger partial charge in [-0.25, -0.2) is 4.98 Å². The van der Waals surface area contributed by atoms with Gasteiger partial charge in [-0.3, -0.25) is 14.9 Å². The second-order valence-electron chi connectivity index (χ2n) is 3.80. The summed E-state index contributed by atoms with van der Waals surface area (Å²) < 4.78 is 0. The molecule has 0 aliphatic rings. The number of amides is 1. The Morgan fingerprint density at radius 1 is 1.53 bits per heavy atom. The number of aryl methyl sites for hydroxylation is 1. The van der Waals surface area contributed by atoms with Crippen LogP contribution in [0, 0.1) is 17.0 Å². The Kier molecular flexibility index (Phi) is 3.43. The fourth-order valence-electron chi connectivity index (χ4n) is 1.48. The highest BCUT2D eigenvalue weighted by Crippen LogP contribution is 2.26. The molecule has 1 heterocycles. The van der Waals surface area contributed by atoms with Gasteiger partial charge in [0.15, 0.2) is 5.13 Å². The Morgan fingerprint density at radius 2 is 2.26 bits per heavy atom. The summed E-state index contributed by atoms with van der Waals surface area (Å²) in [6.45, 7) is 1.74. The maximum Gasteiger partial charge on any atom is 0.293 e. The van der Waals surface area contributed by atoms with Crippen LogP contribution in [0.25, 0.3) is 0 Å². The van der Waals surface area contributed by atoms with Gasteiger partial charge in [0.1, 0.15) is 11.4 Å². The Hall–Kier alpha value is -2.48. The lowest BCUT2D eigenvalue weighted by atomic mass is 10.2. The van der Waals surface area contributed by atoms with Crippen LogP contribution in [-0.4, -0.2) is 15.8 Å². The molecule has 19 heavy (non-hydrogen) atoms. The normalized spacial score (nSPS) is 10.2. The van der Waals surface area contributed by atoms with E-state index < -0.39 is 10.8 Å². The largest absolute Gasteiger partial charge is 0.375 e. The van der Waals surface area contributed by atoms with Gasteiger partial charge in [-0.05, 0) is 18.6 Å². The summed E-state index contributed by atoms with van der Waals surface area (Å²) in [5, 5.41) is 15.1. The summed E-state index contributed by atoms with van der Waals surface area (Å²) in [4.78, 5) is 26.0. The van der Waals surface area contributed by atoms with Crippen molar-refractivity contribution < 1.29 is 9.72 Å². The number of nitro groups is 1. The summed E-state index contributed by atoms with van der Waals surface area (Å²) in [5.74, 6) is -0.528. The second-order valence-corrected chi connectivity index (χ2v) is 4.69. The highest BCUT2D eigenvalue weighted by Gasteiger charge is 2.18. The number of hydrogen-bond donors (Lipinski definition) is 2. The number of aromatic nitrogens is 1. The van der Waals surface area contributed by atoms with Crippen molar-refractivity contribution in [2.45, 2.75) is 6.92 Å². The van der Waals surface area contributed by atoms with Crippen molar-refractivity contribution in [3.63, 3.8) is 0 Å². The van der Waals surface area contributed by atoms with Gasteiger partial charge in [0, 0.05) is 11.4 Å². The third-order valence-corrected chi connectivity index (χ3v) is 3.03. The number of nitrogens with zero attached hydrogens (tertiary/aromatic N) is 2. The van der Waals surface area contributed by atoms with E-state index in [1.807, 2.05) is 0 Å². The molecule has 98 valence electrons. The zero-order chi connectivity index (χ0) is 14.0. The van der Waals surface area contributed by atoms with Crippen molar-refractivity contribution in [2.24, 2.45) is 0 Å². The molecule has 1 aromatic heterocycles. The van der Waals surface area contributed by atoms with Crippen LogP contribution in [0.15, 0.2) is 23.6 Å². The standard InChI is InChI=1S/C11H10N4O3S/c1-6-2-3-7(9(4-6)15(17)18)13-10(16)8-5-19-11(12)14-8/h2-5H,1H3,(H2,12,14)(H,13,16). The summed E-state index contributed by atoms with van der Waals surface area (Å²) in [7, 11) is 0. The quantitative estimate of drug-likeness (QED) is 0.660. The topological polar surface area (TPSA) is 111 Å². The van der Waals surface area contributed by atoms with Gasteiger partial charge in [-0.15, -0.1) is 11.3 Å². The molecule has 8 heteroatoms. The van der Waals surface area contributed by atoms with Crippen LogP contribution in [0.3, 0.4) is 0 Å². The molecule has 0 aliphatic carbocycles. The maximum absolute atomic E-state index is 11.8. The first-order chi connectivity index (χ1) is 8.97. The number of anilines is 2. The van der Waals surface area contributed by atoms with E-state index in [4.69, 9.17) is 5.73 Å². The fraction of sp³-hybridized carbons (Fsp3) is 0.0909. The molecule has 2 rings (SSSR count). The number of nitrogen functional groups attached to an aromatic ring is 1. The molecule has 1 amide bonds. The highest BCUT2D eigenvalue weighted by molar-refractivity contribution is 7.13. The molecule has 7 nitrogen and oxygen atoms in total. The summed E-state index contributed by atoms with van der Waals surface area (Å²) in [6.07, 6.45) is 0. The molecule has 0 atom stereocenters. The van der Waals surface area contributed by atoms with Gasteiger partial charge in [0.05, 0.1) is 4.92 Å². The smallest absolute Gasteiger partial charge is 0.293 e. The molecule has 0 spiro atoms. The Morgan fingerprint density at radius 3 is 2.84 bits per heavy atom. The maximum atomic E-state index is 11.8. The van der Waals surface area contributed by atoms with Crippen LogP contribution in [0.5, 0.6) is 0 Å². The zero-order valence-corrected chi connectivity index (χ0v) is 10.7. The predicted octanol–water partition coefficient (Wildman–Crippen LogP) is 2.19. The molecule has 2 aromatic rings. The van der Waals surface area contributed by atoms with E-state index in [-0.39, 0.29) is 22.2 Å². The number of nitro benzene ring substituents is 1. The molecule has 0 fully saturated rings. The van der Waals surface area contributed by atoms with Gasteiger partial charge >= 0.3 is 0 Å². The first-order valence-corrected chi connectivity index (χ1v) is 6.12. The summed E-state index contributed by atoms with van der Waals surface area (Å²) in [5.41, 5.74) is 6.28. The molecule has 0 saturated carbocycles. The van der Waals surface area contributed by atoms with E-state index in [1.54, 1.807) is 13.0 Å². The molecule has 1 aromatic carbocycles. The molecular weight excluding hydrogens is 268 g/mol. The van der Waals surface area contributed by atoms with E-state index in [0.29, 0.717) is 0 Å². The van der Waals surface area contributed by atoms with Crippen LogP contribution >= 0.6 is 11.3 Å². The Balaban J connectivity index is 2.28. The van der Waals surface area contributed by atoms with Crippen LogP contribution < -0.4 is 11.1 Å². The van der Waals surface area contributed by atoms with Crippen LogP contribution in [0.4, 0.5) is 16.5 Å². The van der Waals surface area contributed by atoms with Crippen molar-refractivity contribution in [1.29, 1.82) is 0 Å². The fourth-order valence-corrected chi connectivity index (χ4v) is 2.02. The minimum atomic E-state index is -0.544. The molecule has 0 saturated heterocycles. The second kappa shape index (κ2) is 5.02. The Bertz CT molecular complexity index is 653. The molecule has 0 radical (unpaired) electrons. The number of nitrogens with two attached hydrogens (primary N) is 1. The van der Waals surface area contributed by atoms with E-state index in [0.717, 1.165) is 16.9 Å². The Labute approximate surface area is 112 Å². The van der Waals surface area contributed by atoms with E-state index >= 15 is 0 Å². The predicted molar refractivity (Wildman–Crippen MR) is 72.3 cm³/mol. The molecule has 3 N–H and O–H groups in total. The average molecular weight is 278 g/mol. The summed E-state index contributed by atoms with van der Waals surface area (Å²) >= 11 is 1.13. The first kappa shape index (κ1) is 13.0. The minimum Gasteiger partial charge on any atom is -0.375 e. The van der Waals surface area contributed by atoms with Crippen molar-refractivity contribution in [3.8, 4) is 0 Å². The van der Waals surface area contributed by atoms with Crippen molar-refractivity contribution in [2.75, 3.05) is 11.1 Å². The van der Waals surface area contributed by atoms with Crippen LogP contribution in [0.2, 0.25) is 0 Å². The van der Waals surface area contributed by atoms with E-state index in [9.17, 15) is 14.9 Å². The van der Waals surface area contributed by atoms with Gasteiger partial charge < -0.3 is 11.1 Å². The third-order valence-electron chi connectivity index (χ3n) is 2.35. The van der Waals surface area contributed by atoms with Crippen molar-refractivity contribution in [3.05, 3.63) is 45.0 Å².